The molecular formula is C9H11NO5. The minimum atomic E-state index is -1.74. The lowest BCUT2D eigenvalue weighted by Gasteiger charge is -2.16. The number of aliphatic hydroxyl groups is 1. The van der Waals surface area contributed by atoms with Crippen molar-refractivity contribution in [3.05, 3.63) is 11.1 Å². The van der Waals surface area contributed by atoms with E-state index in [1.807, 2.05) is 0 Å². The SMILES string of the molecule is CC1=C(C)C(=O)N(CC(O)C(=O)O)C1=O. The van der Waals surface area contributed by atoms with Gasteiger partial charge in [-0.3, -0.25) is 14.5 Å². The molecule has 0 aromatic carbocycles. The van der Waals surface area contributed by atoms with Crippen molar-refractivity contribution in [2.45, 2.75) is 20.0 Å². The number of amides is 2. The second-order valence-electron chi connectivity index (χ2n) is 3.32. The average molecular weight is 213 g/mol. The predicted octanol–water partition coefficient (Wildman–Crippen LogP) is -0.863. The van der Waals surface area contributed by atoms with Gasteiger partial charge in [-0.1, -0.05) is 0 Å². The molecule has 0 bridgehead atoms. The van der Waals surface area contributed by atoms with E-state index in [1.54, 1.807) is 0 Å². The fourth-order valence-corrected chi connectivity index (χ4v) is 1.23. The standard InChI is InChI=1S/C9H11NO5/c1-4-5(2)8(13)10(7(4)12)3-6(11)9(14)15/h6,11H,3H2,1-2H3,(H,14,15). The maximum absolute atomic E-state index is 11.4. The minimum absolute atomic E-state index is 0.289. The Morgan fingerprint density at radius 1 is 1.27 bits per heavy atom. The molecule has 0 saturated carbocycles. The highest BCUT2D eigenvalue weighted by Crippen LogP contribution is 2.19. The van der Waals surface area contributed by atoms with Crippen LogP contribution < -0.4 is 0 Å². The normalized spacial score (nSPS) is 18.7. The summed E-state index contributed by atoms with van der Waals surface area (Å²) in [6.45, 7) is 2.47. The van der Waals surface area contributed by atoms with Crippen LogP contribution in [0.15, 0.2) is 11.1 Å². The van der Waals surface area contributed by atoms with Crippen molar-refractivity contribution in [3.8, 4) is 0 Å². The van der Waals surface area contributed by atoms with Crippen molar-refractivity contribution in [1.29, 1.82) is 0 Å². The van der Waals surface area contributed by atoms with Gasteiger partial charge < -0.3 is 10.2 Å². The Morgan fingerprint density at radius 2 is 1.67 bits per heavy atom. The lowest BCUT2D eigenvalue weighted by molar-refractivity contribution is -0.150. The van der Waals surface area contributed by atoms with Gasteiger partial charge in [0, 0.05) is 11.1 Å². The average Bonchev–Trinajstić information content (AvgIpc) is 2.35. The number of β-amino-alcohol motifs (C(OH)–C–C–N with tert-alkyl or cyclic N) is 1. The topological polar surface area (TPSA) is 94.9 Å². The van der Waals surface area contributed by atoms with Gasteiger partial charge in [0.25, 0.3) is 11.8 Å². The zero-order valence-electron chi connectivity index (χ0n) is 8.35. The summed E-state index contributed by atoms with van der Waals surface area (Å²) in [7, 11) is 0. The monoisotopic (exact) mass is 213 g/mol. The Labute approximate surface area is 85.8 Å². The Hall–Kier alpha value is -1.69. The van der Waals surface area contributed by atoms with E-state index in [0.29, 0.717) is 0 Å². The molecule has 15 heavy (non-hydrogen) atoms. The molecule has 6 nitrogen and oxygen atoms in total. The molecule has 0 spiro atoms. The van der Waals surface area contributed by atoms with Crippen molar-refractivity contribution in [3.63, 3.8) is 0 Å². The summed E-state index contributed by atoms with van der Waals surface area (Å²) in [5.74, 6) is -2.55. The van der Waals surface area contributed by atoms with E-state index in [-0.39, 0.29) is 11.1 Å². The highest BCUT2D eigenvalue weighted by atomic mass is 16.4. The van der Waals surface area contributed by atoms with E-state index in [1.165, 1.54) is 13.8 Å². The van der Waals surface area contributed by atoms with E-state index in [0.717, 1.165) is 4.90 Å². The Kier molecular flexibility index (Phi) is 2.90. The first-order chi connectivity index (χ1) is 6.86. The number of rotatable bonds is 3. The lowest BCUT2D eigenvalue weighted by Crippen LogP contribution is -2.41. The molecule has 2 amide bonds. The van der Waals surface area contributed by atoms with Crippen LogP contribution in [-0.2, 0) is 14.4 Å². The van der Waals surface area contributed by atoms with Gasteiger partial charge in [0.2, 0.25) is 0 Å². The number of imide groups is 1. The highest BCUT2D eigenvalue weighted by Gasteiger charge is 2.35. The third-order valence-corrected chi connectivity index (χ3v) is 2.33. The van der Waals surface area contributed by atoms with E-state index < -0.39 is 30.4 Å². The zero-order valence-corrected chi connectivity index (χ0v) is 8.35. The minimum Gasteiger partial charge on any atom is -0.479 e. The molecule has 82 valence electrons. The third-order valence-electron chi connectivity index (χ3n) is 2.33. The summed E-state index contributed by atoms with van der Waals surface area (Å²) < 4.78 is 0. The fourth-order valence-electron chi connectivity index (χ4n) is 1.23. The number of carbonyl (C=O) groups excluding carboxylic acids is 2. The molecule has 0 saturated heterocycles. The molecule has 2 N–H and O–H groups in total. The quantitative estimate of drug-likeness (QED) is 0.594. The molecule has 0 fully saturated rings. The second-order valence-corrected chi connectivity index (χ2v) is 3.32. The summed E-state index contributed by atoms with van der Waals surface area (Å²) in [5.41, 5.74) is 0.579. The van der Waals surface area contributed by atoms with Gasteiger partial charge >= 0.3 is 5.97 Å². The van der Waals surface area contributed by atoms with Gasteiger partial charge in [-0.05, 0) is 13.8 Å². The molecule has 1 aliphatic rings. The van der Waals surface area contributed by atoms with Crippen molar-refractivity contribution < 1.29 is 24.6 Å². The number of nitrogens with zero attached hydrogens (tertiary/aromatic N) is 1. The van der Waals surface area contributed by atoms with Crippen LogP contribution in [0.4, 0.5) is 0 Å². The third kappa shape index (κ3) is 1.89. The summed E-state index contributed by atoms with van der Waals surface area (Å²) >= 11 is 0. The molecule has 1 aliphatic heterocycles. The number of aliphatic hydroxyl groups excluding tert-OH is 1. The molecule has 0 aromatic heterocycles. The molecule has 0 aliphatic carbocycles. The molecule has 0 radical (unpaired) electrons. The van der Waals surface area contributed by atoms with E-state index >= 15 is 0 Å². The molecule has 1 atom stereocenters. The van der Waals surface area contributed by atoms with Crippen LogP contribution in [0, 0.1) is 0 Å². The van der Waals surface area contributed by atoms with Crippen molar-refractivity contribution >= 4 is 17.8 Å². The molecule has 6 heteroatoms. The van der Waals surface area contributed by atoms with Crippen LogP contribution in [0.2, 0.25) is 0 Å². The van der Waals surface area contributed by atoms with Crippen molar-refractivity contribution in [2.75, 3.05) is 6.54 Å². The van der Waals surface area contributed by atoms with Gasteiger partial charge in [-0.15, -0.1) is 0 Å². The van der Waals surface area contributed by atoms with Crippen LogP contribution >= 0.6 is 0 Å². The Balaban J connectivity index is 2.81. The van der Waals surface area contributed by atoms with Crippen molar-refractivity contribution in [1.82, 2.24) is 4.90 Å². The predicted molar refractivity (Wildman–Crippen MR) is 48.7 cm³/mol. The Bertz CT molecular complexity index is 347. The molecule has 1 unspecified atom stereocenters. The number of aliphatic carboxylic acids is 1. The summed E-state index contributed by atoms with van der Waals surface area (Å²) in [5, 5.41) is 17.5. The van der Waals surface area contributed by atoms with Crippen molar-refractivity contribution in [2.24, 2.45) is 0 Å². The van der Waals surface area contributed by atoms with Gasteiger partial charge in [-0.25, -0.2) is 4.79 Å². The van der Waals surface area contributed by atoms with E-state index in [4.69, 9.17) is 10.2 Å². The van der Waals surface area contributed by atoms with Gasteiger partial charge in [0.05, 0.1) is 6.54 Å². The first kappa shape index (κ1) is 11.4. The second kappa shape index (κ2) is 3.82. The van der Waals surface area contributed by atoms with E-state index in [9.17, 15) is 14.4 Å². The van der Waals surface area contributed by atoms with E-state index in [2.05, 4.69) is 0 Å². The van der Waals surface area contributed by atoms with Crippen LogP contribution in [0.3, 0.4) is 0 Å². The molecule has 1 rings (SSSR count). The van der Waals surface area contributed by atoms with Crippen LogP contribution in [-0.4, -0.2) is 45.5 Å². The maximum Gasteiger partial charge on any atom is 0.334 e. The number of hydrogen-bond acceptors (Lipinski definition) is 4. The first-order valence-electron chi connectivity index (χ1n) is 4.30. The van der Waals surface area contributed by atoms with Gasteiger partial charge in [-0.2, -0.15) is 0 Å². The number of carboxylic acids is 1. The maximum atomic E-state index is 11.4. The summed E-state index contributed by atoms with van der Waals surface area (Å²) in [6.07, 6.45) is -1.74. The highest BCUT2D eigenvalue weighted by molar-refractivity contribution is 6.18. The molecule has 1 heterocycles. The van der Waals surface area contributed by atoms with Crippen LogP contribution in [0.5, 0.6) is 0 Å². The van der Waals surface area contributed by atoms with Gasteiger partial charge in [0.15, 0.2) is 6.10 Å². The largest absolute Gasteiger partial charge is 0.479 e. The van der Waals surface area contributed by atoms with Crippen LogP contribution in [0.1, 0.15) is 13.8 Å². The number of hydrogen-bond donors (Lipinski definition) is 2. The summed E-state index contributed by atoms with van der Waals surface area (Å²) in [4.78, 5) is 33.9. The van der Waals surface area contributed by atoms with Crippen LogP contribution in [0.25, 0.3) is 0 Å². The molecule has 0 aromatic rings. The Morgan fingerprint density at radius 3 is 2.00 bits per heavy atom. The lowest BCUT2D eigenvalue weighted by atomic mass is 10.2. The zero-order chi connectivity index (χ0) is 11.7. The summed E-state index contributed by atoms with van der Waals surface area (Å²) in [6, 6.07) is 0. The first-order valence-corrected chi connectivity index (χ1v) is 4.30. The van der Waals surface area contributed by atoms with Gasteiger partial charge in [0.1, 0.15) is 0 Å². The number of carboxylic acid groups (broad SMARTS) is 1. The smallest absolute Gasteiger partial charge is 0.334 e. The molecular weight excluding hydrogens is 202 g/mol. The fraction of sp³-hybridized carbons (Fsp3) is 0.444. The number of carbonyl (C=O) groups is 3.